The lowest BCUT2D eigenvalue weighted by molar-refractivity contribution is 0.0663. The zero-order chi connectivity index (χ0) is 18.0. The number of hydrogen-bond donors (Lipinski definition) is 2. The number of halogens is 1. The number of carbonyl (C=O) groups excluding carboxylic acids is 1. The van der Waals surface area contributed by atoms with Gasteiger partial charge in [-0.15, -0.1) is 0 Å². The molecule has 0 aliphatic rings. The fourth-order valence-corrected chi connectivity index (χ4v) is 2.57. The van der Waals surface area contributed by atoms with E-state index in [0.717, 1.165) is 5.56 Å². The molecule has 126 valence electrons. The Bertz CT molecular complexity index is 944. The van der Waals surface area contributed by atoms with E-state index in [-0.39, 0.29) is 11.7 Å². The lowest BCUT2D eigenvalue weighted by Crippen LogP contribution is -2.11. The number of amides is 1. The zero-order valence-electron chi connectivity index (χ0n) is 13.2. The van der Waals surface area contributed by atoms with Gasteiger partial charge in [0.15, 0.2) is 0 Å². The number of carboxylic acid groups (broad SMARTS) is 1. The average Bonchev–Trinajstić information content (AvgIpc) is 3.05. The van der Waals surface area contributed by atoms with Crippen molar-refractivity contribution in [2.45, 2.75) is 6.92 Å². The van der Waals surface area contributed by atoms with Crippen molar-refractivity contribution in [2.24, 2.45) is 0 Å². The number of furan rings is 1. The van der Waals surface area contributed by atoms with Gasteiger partial charge in [0.2, 0.25) is 5.76 Å². The van der Waals surface area contributed by atoms with Crippen molar-refractivity contribution in [3.63, 3.8) is 0 Å². The second-order valence-corrected chi connectivity index (χ2v) is 5.89. The van der Waals surface area contributed by atoms with E-state index in [1.165, 1.54) is 12.1 Å². The zero-order valence-corrected chi connectivity index (χ0v) is 14.0. The van der Waals surface area contributed by atoms with Gasteiger partial charge in [-0.2, -0.15) is 0 Å². The van der Waals surface area contributed by atoms with E-state index < -0.39 is 5.97 Å². The molecular formula is C19H14ClNO4. The molecule has 0 unspecified atom stereocenters. The van der Waals surface area contributed by atoms with Crippen LogP contribution in [0.5, 0.6) is 0 Å². The molecule has 1 heterocycles. The summed E-state index contributed by atoms with van der Waals surface area (Å²) in [6.07, 6.45) is 0. The van der Waals surface area contributed by atoms with E-state index in [4.69, 9.17) is 21.1 Å². The molecule has 0 atom stereocenters. The number of carboxylic acids is 1. The molecule has 2 aromatic carbocycles. The topological polar surface area (TPSA) is 79.5 Å². The summed E-state index contributed by atoms with van der Waals surface area (Å²) in [7, 11) is 0. The van der Waals surface area contributed by atoms with Gasteiger partial charge in [-0.05, 0) is 49.4 Å². The highest BCUT2D eigenvalue weighted by atomic mass is 35.5. The Kier molecular flexibility index (Phi) is 4.59. The lowest BCUT2D eigenvalue weighted by atomic mass is 10.1. The molecule has 0 radical (unpaired) electrons. The van der Waals surface area contributed by atoms with Crippen LogP contribution in [0, 0.1) is 6.92 Å². The summed E-state index contributed by atoms with van der Waals surface area (Å²) in [5, 5.41) is 12.0. The van der Waals surface area contributed by atoms with Gasteiger partial charge in [0.25, 0.3) is 5.91 Å². The normalized spacial score (nSPS) is 10.5. The van der Waals surface area contributed by atoms with Crippen LogP contribution >= 0.6 is 11.6 Å². The predicted octanol–water partition coefficient (Wildman–Crippen LogP) is 4.86. The summed E-state index contributed by atoms with van der Waals surface area (Å²) in [5.74, 6) is -1.21. The summed E-state index contributed by atoms with van der Waals surface area (Å²) >= 11 is 6.24. The van der Waals surface area contributed by atoms with E-state index in [1.54, 1.807) is 30.3 Å². The highest BCUT2D eigenvalue weighted by molar-refractivity contribution is 6.33. The first kappa shape index (κ1) is 16.8. The Balaban J connectivity index is 1.80. The maximum Gasteiger partial charge on any atom is 0.371 e. The van der Waals surface area contributed by atoms with Crippen LogP contribution in [0.4, 0.5) is 5.69 Å². The van der Waals surface area contributed by atoms with Gasteiger partial charge in [0, 0.05) is 16.8 Å². The molecule has 0 saturated heterocycles. The molecule has 1 aromatic heterocycles. The number of nitrogens with one attached hydrogen (secondary N) is 1. The van der Waals surface area contributed by atoms with Gasteiger partial charge < -0.3 is 14.8 Å². The van der Waals surface area contributed by atoms with E-state index >= 15 is 0 Å². The molecule has 1 amide bonds. The van der Waals surface area contributed by atoms with Crippen molar-refractivity contribution >= 4 is 29.2 Å². The number of benzene rings is 2. The number of anilines is 1. The Labute approximate surface area is 148 Å². The summed E-state index contributed by atoms with van der Waals surface area (Å²) < 4.78 is 5.24. The van der Waals surface area contributed by atoms with Gasteiger partial charge in [-0.3, -0.25) is 4.79 Å². The molecule has 0 saturated carbocycles. The summed E-state index contributed by atoms with van der Waals surface area (Å²) in [6, 6.07) is 15.0. The largest absolute Gasteiger partial charge is 0.475 e. The minimum atomic E-state index is -1.15. The molecule has 0 bridgehead atoms. The maximum atomic E-state index is 12.2. The molecule has 5 nitrogen and oxygen atoms in total. The number of aromatic carboxylic acids is 1. The second-order valence-electron chi connectivity index (χ2n) is 5.48. The van der Waals surface area contributed by atoms with Crippen molar-refractivity contribution in [3.8, 4) is 11.3 Å². The standard InChI is InChI=1S/C19H14ClNO4/c1-11-2-4-12(5-3-11)18(22)21-13-6-7-14(15(20)10-13)16-8-9-17(25-16)19(23)24/h2-10H,1H3,(H,21,22)(H,23,24). The van der Waals surface area contributed by atoms with Gasteiger partial charge >= 0.3 is 5.97 Å². The third-order valence-corrected chi connectivity index (χ3v) is 3.94. The molecule has 3 aromatic rings. The van der Waals surface area contributed by atoms with Crippen LogP contribution in [-0.2, 0) is 0 Å². The summed E-state index contributed by atoms with van der Waals surface area (Å²) in [5.41, 5.74) is 2.69. The lowest BCUT2D eigenvalue weighted by Gasteiger charge is -2.08. The van der Waals surface area contributed by atoms with Crippen LogP contribution < -0.4 is 5.32 Å². The van der Waals surface area contributed by atoms with E-state index in [9.17, 15) is 9.59 Å². The highest BCUT2D eigenvalue weighted by Crippen LogP contribution is 2.31. The first-order valence-electron chi connectivity index (χ1n) is 7.45. The van der Waals surface area contributed by atoms with Gasteiger partial charge in [0.05, 0.1) is 5.02 Å². The molecule has 0 fully saturated rings. The third-order valence-electron chi connectivity index (χ3n) is 3.62. The molecule has 0 aliphatic carbocycles. The van der Waals surface area contributed by atoms with Crippen LogP contribution in [-0.4, -0.2) is 17.0 Å². The Morgan fingerprint density at radius 2 is 1.76 bits per heavy atom. The quantitative estimate of drug-likeness (QED) is 0.700. The fraction of sp³-hybridized carbons (Fsp3) is 0.0526. The number of carbonyl (C=O) groups is 2. The van der Waals surface area contributed by atoms with Crippen LogP contribution in [0.1, 0.15) is 26.5 Å². The summed E-state index contributed by atoms with van der Waals surface area (Å²) in [4.78, 5) is 23.1. The molecule has 2 N–H and O–H groups in total. The molecule has 25 heavy (non-hydrogen) atoms. The third kappa shape index (κ3) is 3.72. The fourth-order valence-electron chi connectivity index (χ4n) is 2.30. The molecule has 6 heteroatoms. The predicted molar refractivity (Wildman–Crippen MR) is 95.2 cm³/mol. The van der Waals surface area contributed by atoms with Gasteiger partial charge in [-0.1, -0.05) is 29.3 Å². The van der Waals surface area contributed by atoms with Crippen molar-refractivity contribution in [2.75, 3.05) is 5.32 Å². The average molecular weight is 356 g/mol. The van der Waals surface area contributed by atoms with E-state index in [0.29, 0.717) is 27.6 Å². The number of hydrogen-bond acceptors (Lipinski definition) is 3. The molecule has 3 rings (SSSR count). The Morgan fingerprint density at radius 1 is 1.04 bits per heavy atom. The van der Waals surface area contributed by atoms with Crippen LogP contribution in [0.2, 0.25) is 5.02 Å². The SMILES string of the molecule is Cc1ccc(C(=O)Nc2ccc(-c3ccc(C(=O)O)o3)c(Cl)c2)cc1. The Hall–Kier alpha value is -3.05. The van der Waals surface area contributed by atoms with Crippen molar-refractivity contribution in [3.05, 3.63) is 76.5 Å². The second kappa shape index (κ2) is 6.83. The van der Waals surface area contributed by atoms with Crippen LogP contribution in [0.3, 0.4) is 0 Å². The maximum absolute atomic E-state index is 12.2. The van der Waals surface area contributed by atoms with Crippen LogP contribution in [0.25, 0.3) is 11.3 Å². The van der Waals surface area contributed by atoms with Crippen molar-refractivity contribution in [1.29, 1.82) is 0 Å². The van der Waals surface area contributed by atoms with Crippen LogP contribution in [0.15, 0.2) is 59.0 Å². The molecule has 0 aliphatic heterocycles. The minimum Gasteiger partial charge on any atom is -0.475 e. The van der Waals surface area contributed by atoms with Gasteiger partial charge in [0.1, 0.15) is 5.76 Å². The van der Waals surface area contributed by atoms with Crippen molar-refractivity contribution in [1.82, 2.24) is 0 Å². The first-order chi connectivity index (χ1) is 11.9. The summed E-state index contributed by atoms with van der Waals surface area (Å²) in [6.45, 7) is 1.95. The van der Waals surface area contributed by atoms with Crippen molar-refractivity contribution < 1.29 is 19.1 Å². The smallest absolute Gasteiger partial charge is 0.371 e. The monoisotopic (exact) mass is 355 g/mol. The van der Waals surface area contributed by atoms with E-state index in [1.807, 2.05) is 19.1 Å². The Morgan fingerprint density at radius 3 is 2.36 bits per heavy atom. The number of rotatable bonds is 4. The highest BCUT2D eigenvalue weighted by Gasteiger charge is 2.14. The molecular weight excluding hydrogens is 342 g/mol. The minimum absolute atomic E-state index is 0.164. The number of aryl methyl sites for hydroxylation is 1. The first-order valence-corrected chi connectivity index (χ1v) is 7.83. The van der Waals surface area contributed by atoms with E-state index in [2.05, 4.69) is 5.32 Å². The molecule has 0 spiro atoms. The van der Waals surface area contributed by atoms with Gasteiger partial charge in [-0.25, -0.2) is 4.79 Å².